The van der Waals surface area contributed by atoms with Gasteiger partial charge in [0, 0.05) is 6.04 Å². The molecule has 0 bridgehead atoms. The van der Waals surface area contributed by atoms with Crippen molar-refractivity contribution in [1.82, 2.24) is 0 Å². The Morgan fingerprint density at radius 3 is 2.44 bits per heavy atom. The lowest BCUT2D eigenvalue weighted by Crippen LogP contribution is -2.19. The second-order valence-corrected chi connectivity index (χ2v) is 3.65. The number of halogens is 3. The summed E-state index contributed by atoms with van der Waals surface area (Å²) in [5.41, 5.74) is 11.1. The molecule has 0 amide bonds. The molecule has 4 N–H and O–H groups in total. The van der Waals surface area contributed by atoms with E-state index in [0.29, 0.717) is 18.4 Å². The maximum Gasteiger partial charge on any atom is 0.181 e. The van der Waals surface area contributed by atoms with Gasteiger partial charge < -0.3 is 11.5 Å². The third kappa shape index (κ3) is 3.61. The van der Waals surface area contributed by atoms with Crippen LogP contribution in [0.25, 0.3) is 0 Å². The summed E-state index contributed by atoms with van der Waals surface area (Å²) in [6, 6.07) is 2.92. The molecule has 0 saturated heterocycles. The van der Waals surface area contributed by atoms with Crippen molar-refractivity contribution in [2.75, 3.05) is 5.73 Å². The Morgan fingerprint density at radius 1 is 1.25 bits per heavy atom. The molecule has 0 heterocycles. The van der Waals surface area contributed by atoms with E-state index < -0.39 is 11.6 Å². The van der Waals surface area contributed by atoms with Crippen molar-refractivity contribution < 1.29 is 8.78 Å². The zero-order valence-corrected chi connectivity index (χ0v) is 9.99. The maximum atomic E-state index is 13.3. The van der Waals surface area contributed by atoms with Gasteiger partial charge in [0.15, 0.2) is 11.6 Å². The van der Waals surface area contributed by atoms with Crippen molar-refractivity contribution in [2.24, 2.45) is 5.73 Å². The SMILES string of the molecule is CCC(N)CCc1ccc(N)c(F)c1F.Cl. The Bertz CT molecular complexity index is 345. The molecule has 0 aliphatic rings. The lowest BCUT2D eigenvalue weighted by molar-refractivity contribution is 0.495. The van der Waals surface area contributed by atoms with Gasteiger partial charge in [-0.3, -0.25) is 0 Å². The van der Waals surface area contributed by atoms with Crippen LogP contribution >= 0.6 is 12.4 Å². The molecular weight excluding hydrogens is 234 g/mol. The van der Waals surface area contributed by atoms with E-state index in [1.54, 1.807) is 0 Å². The fraction of sp³-hybridized carbons (Fsp3) is 0.455. The molecule has 1 aromatic carbocycles. The Labute approximate surface area is 100 Å². The fourth-order valence-corrected chi connectivity index (χ4v) is 1.34. The van der Waals surface area contributed by atoms with E-state index in [4.69, 9.17) is 11.5 Å². The van der Waals surface area contributed by atoms with Gasteiger partial charge >= 0.3 is 0 Å². The number of hydrogen-bond donors (Lipinski definition) is 2. The molecule has 0 spiro atoms. The van der Waals surface area contributed by atoms with Crippen LogP contribution in [-0.2, 0) is 6.42 Å². The van der Waals surface area contributed by atoms with Gasteiger partial charge in [0.2, 0.25) is 0 Å². The standard InChI is InChI=1S/C11H16F2N2.ClH/c1-2-8(14)5-3-7-4-6-9(15)11(13)10(7)12;/h4,6,8H,2-3,5,14-15H2,1H3;1H. The van der Waals surface area contributed by atoms with Crippen molar-refractivity contribution in [3.63, 3.8) is 0 Å². The predicted molar refractivity (Wildman–Crippen MR) is 64.6 cm³/mol. The van der Waals surface area contributed by atoms with Crippen LogP contribution in [0.2, 0.25) is 0 Å². The third-order valence-corrected chi connectivity index (χ3v) is 2.50. The topological polar surface area (TPSA) is 52.0 Å². The lowest BCUT2D eigenvalue weighted by Gasteiger charge is -2.09. The van der Waals surface area contributed by atoms with Crippen molar-refractivity contribution in [3.05, 3.63) is 29.3 Å². The van der Waals surface area contributed by atoms with Crippen molar-refractivity contribution in [1.29, 1.82) is 0 Å². The van der Waals surface area contributed by atoms with Crippen LogP contribution in [0.5, 0.6) is 0 Å². The van der Waals surface area contributed by atoms with E-state index in [0.717, 1.165) is 6.42 Å². The molecule has 0 radical (unpaired) electrons. The van der Waals surface area contributed by atoms with E-state index in [9.17, 15) is 8.78 Å². The number of hydrogen-bond acceptors (Lipinski definition) is 2. The van der Waals surface area contributed by atoms with Crippen LogP contribution in [0.1, 0.15) is 25.3 Å². The van der Waals surface area contributed by atoms with Crippen LogP contribution in [-0.4, -0.2) is 6.04 Å². The first-order valence-corrected chi connectivity index (χ1v) is 5.04. The minimum absolute atomic E-state index is 0. The first kappa shape index (κ1) is 15.1. The average Bonchev–Trinajstić information content (AvgIpc) is 2.24. The Balaban J connectivity index is 0.00000225. The summed E-state index contributed by atoms with van der Waals surface area (Å²) in [4.78, 5) is 0. The summed E-state index contributed by atoms with van der Waals surface area (Å²) < 4.78 is 26.4. The van der Waals surface area contributed by atoms with Gasteiger partial charge in [-0.2, -0.15) is 0 Å². The van der Waals surface area contributed by atoms with E-state index in [-0.39, 0.29) is 24.1 Å². The Hall–Kier alpha value is -0.870. The summed E-state index contributed by atoms with van der Waals surface area (Å²) in [5, 5.41) is 0. The monoisotopic (exact) mass is 250 g/mol. The normalized spacial score (nSPS) is 12.0. The van der Waals surface area contributed by atoms with Crippen molar-refractivity contribution >= 4 is 18.1 Å². The average molecular weight is 251 g/mol. The van der Waals surface area contributed by atoms with Crippen molar-refractivity contribution in [2.45, 2.75) is 32.2 Å². The van der Waals surface area contributed by atoms with E-state index in [1.165, 1.54) is 12.1 Å². The molecule has 0 aromatic heterocycles. The third-order valence-electron chi connectivity index (χ3n) is 2.50. The molecular formula is C11H17ClF2N2. The van der Waals surface area contributed by atoms with Gasteiger partial charge in [-0.25, -0.2) is 8.78 Å². The summed E-state index contributed by atoms with van der Waals surface area (Å²) in [7, 11) is 0. The minimum Gasteiger partial charge on any atom is -0.396 e. The minimum atomic E-state index is -0.961. The van der Waals surface area contributed by atoms with E-state index >= 15 is 0 Å². The summed E-state index contributed by atoms with van der Waals surface area (Å²) in [6.45, 7) is 1.96. The summed E-state index contributed by atoms with van der Waals surface area (Å²) in [5.74, 6) is -1.81. The molecule has 1 rings (SSSR count). The highest BCUT2D eigenvalue weighted by molar-refractivity contribution is 5.85. The molecule has 92 valence electrons. The van der Waals surface area contributed by atoms with Gasteiger partial charge in [-0.1, -0.05) is 13.0 Å². The highest BCUT2D eigenvalue weighted by Gasteiger charge is 2.11. The van der Waals surface area contributed by atoms with Crippen LogP contribution in [0.4, 0.5) is 14.5 Å². The highest BCUT2D eigenvalue weighted by atomic mass is 35.5. The van der Waals surface area contributed by atoms with Crippen LogP contribution < -0.4 is 11.5 Å². The Morgan fingerprint density at radius 2 is 1.88 bits per heavy atom. The smallest absolute Gasteiger partial charge is 0.181 e. The van der Waals surface area contributed by atoms with E-state index in [2.05, 4.69) is 0 Å². The first-order valence-electron chi connectivity index (χ1n) is 5.04. The molecule has 0 aliphatic heterocycles. The molecule has 2 nitrogen and oxygen atoms in total. The van der Waals surface area contributed by atoms with Gasteiger partial charge in [-0.15, -0.1) is 12.4 Å². The molecule has 1 atom stereocenters. The Kier molecular flexibility index (Phi) is 6.29. The van der Waals surface area contributed by atoms with Gasteiger partial charge in [0.05, 0.1) is 5.69 Å². The molecule has 16 heavy (non-hydrogen) atoms. The maximum absolute atomic E-state index is 13.3. The van der Waals surface area contributed by atoms with Crippen LogP contribution in [0.3, 0.4) is 0 Å². The zero-order valence-electron chi connectivity index (χ0n) is 9.17. The van der Waals surface area contributed by atoms with Crippen LogP contribution in [0, 0.1) is 11.6 Å². The molecule has 5 heteroatoms. The molecule has 1 aromatic rings. The zero-order chi connectivity index (χ0) is 11.4. The fourth-order valence-electron chi connectivity index (χ4n) is 1.34. The van der Waals surface area contributed by atoms with Gasteiger partial charge in [0.25, 0.3) is 0 Å². The quantitative estimate of drug-likeness (QED) is 0.808. The number of nitrogens with two attached hydrogens (primary N) is 2. The number of rotatable bonds is 4. The number of aryl methyl sites for hydroxylation is 1. The second-order valence-electron chi connectivity index (χ2n) is 3.65. The number of anilines is 1. The van der Waals surface area contributed by atoms with E-state index in [1.807, 2.05) is 6.92 Å². The lowest BCUT2D eigenvalue weighted by atomic mass is 10.0. The largest absolute Gasteiger partial charge is 0.396 e. The molecule has 1 unspecified atom stereocenters. The highest BCUT2D eigenvalue weighted by Crippen LogP contribution is 2.19. The molecule has 0 saturated carbocycles. The second kappa shape index (κ2) is 6.66. The van der Waals surface area contributed by atoms with Gasteiger partial charge in [0.1, 0.15) is 0 Å². The summed E-state index contributed by atoms with van der Waals surface area (Å²) in [6.07, 6.45) is 1.92. The molecule has 0 fully saturated rings. The molecule has 0 aliphatic carbocycles. The number of benzene rings is 1. The predicted octanol–water partition coefficient (Wildman–Crippen LogP) is 2.64. The summed E-state index contributed by atoms with van der Waals surface area (Å²) >= 11 is 0. The first-order chi connectivity index (χ1) is 7.06. The van der Waals surface area contributed by atoms with Gasteiger partial charge in [-0.05, 0) is 30.9 Å². The van der Waals surface area contributed by atoms with Crippen LogP contribution in [0.15, 0.2) is 12.1 Å². The van der Waals surface area contributed by atoms with Crippen molar-refractivity contribution in [3.8, 4) is 0 Å². The number of nitrogen functional groups attached to an aromatic ring is 1.